The summed E-state index contributed by atoms with van der Waals surface area (Å²) in [4.78, 5) is 54.0. The van der Waals surface area contributed by atoms with E-state index in [9.17, 15) is 19.2 Å². The number of imide groups is 1. The van der Waals surface area contributed by atoms with Crippen molar-refractivity contribution in [3.63, 3.8) is 0 Å². The maximum Gasteiger partial charge on any atom is 0.338 e. The lowest BCUT2D eigenvalue weighted by Crippen LogP contribution is -2.46. The zero-order valence-electron chi connectivity index (χ0n) is 19.5. The number of benzene rings is 2. The monoisotopic (exact) mass is 450 g/mol. The molecule has 3 amide bonds. The van der Waals surface area contributed by atoms with Crippen LogP contribution in [0.4, 0.5) is 5.69 Å². The van der Waals surface area contributed by atoms with Gasteiger partial charge in [0.05, 0.1) is 24.3 Å². The Bertz CT molecular complexity index is 1020. The fourth-order valence-electron chi connectivity index (χ4n) is 3.80. The fraction of sp³-hybridized carbons (Fsp3) is 0.385. The first kappa shape index (κ1) is 24.2. The van der Waals surface area contributed by atoms with E-state index >= 15 is 0 Å². The number of esters is 1. The summed E-state index contributed by atoms with van der Waals surface area (Å²) < 4.78 is 4.98. The molecule has 3 rings (SSSR count). The van der Waals surface area contributed by atoms with Crippen LogP contribution in [0.5, 0.6) is 0 Å². The minimum atomic E-state index is -0.878. The molecule has 1 atom stereocenters. The molecule has 7 heteroatoms. The van der Waals surface area contributed by atoms with Crippen LogP contribution in [-0.2, 0) is 25.7 Å². The number of anilines is 1. The highest BCUT2D eigenvalue weighted by molar-refractivity contribution is 6.23. The highest BCUT2D eigenvalue weighted by atomic mass is 16.5. The molecule has 1 unspecified atom stereocenters. The van der Waals surface area contributed by atoms with Crippen LogP contribution in [0.3, 0.4) is 0 Å². The molecule has 1 fully saturated rings. The Balaban J connectivity index is 1.86. The minimum absolute atomic E-state index is 0.0822. The van der Waals surface area contributed by atoms with Crippen molar-refractivity contribution in [1.29, 1.82) is 0 Å². The van der Waals surface area contributed by atoms with Crippen molar-refractivity contribution in [2.75, 3.05) is 11.5 Å². The zero-order chi connectivity index (χ0) is 24.2. The summed E-state index contributed by atoms with van der Waals surface area (Å²) in [7, 11) is 0. The number of amides is 3. The summed E-state index contributed by atoms with van der Waals surface area (Å²) in [5.74, 6) is -1.46. The summed E-state index contributed by atoms with van der Waals surface area (Å²) in [6.45, 7) is 8.11. The number of hydrogen-bond acceptors (Lipinski definition) is 5. The molecular weight excluding hydrogens is 420 g/mol. The molecule has 1 aliphatic rings. The summed E-state index contributed by atoms with van der Waals surface area (Å²) in [6.07, 6.45) is 0.174. The first-order chi connectivity index (χ1) is 15.6. The number of carbonyl (C=O) groups is 4. The fourth-order valence-corrected chi connectivity index (χ4v) is 3.80. The predicted octanol–water partition coefficient (Wildman–Crippen LogP) is 3.96. The van der Waals surface area contributed by atoms with Crippen molar-refractivity contribution >= 4 is 29.4 Å². The van der Waals surface area contributed by atoms with Gasteiger partial charge in [-0.15, -0.1) is 0 Å². The van der Waals surface area contributed by atoms with Crippen LogP contribution in [0.1, 0.15) is 56.5 Å². The second kappa shape index (κ2) is 9.98. The van der Waals surface area contributed by atoms with E-state index in [0.717, 1.165) is 10.5 Å². The average molecular weight is 451 g/mol. The van der Waals surface area contributed by atoms with Gasteiger partial charge in [0.2, 0.25) is 11.8 Å². The normalized spacial score (nSPS) is 16.1. The van der Waals surface area contributed by atoms with Gasteiger partial charge in [-0.05, 0) is 42.2 Å². The number of ether oxygens (including phenoxy) is 1. The number of carbonyl (C=O) groups excluding carboxylic acids is 4. The maximum atomic E-state index is 13.4. The zero-order valence-corrected chi connectivity index (χ0v) is 19.5. The third-order valence-corrected chi connectivity index (χ3v) is 5.33. The van der Waals surface area contributed by atoms with Gasteiger partial charge in [0.1, 0.15) is 6.04 Å². The summed E-state index contributed by atoms with van der Waals surface area (Å²) in [5, 5.41) is 0. The Labute approximate surface area is 194 Å². The topological polar surface area (TPSA) is 84.0 Å². The molecule has 0 saturated carbocycles. The van der Waals surface area contributed by atoms with Gasteiger partial charge in [0.15, 0.2) is 0 Å². The number of rotatable bonds is 7. The van der Waals surface area contributed by atoms with Crippen LogP contribution in [0.25, 0.3) is 0 Å². The van der Waals surface area contributed by atoms with Crippen molar-refractivity contribution < 1.29 is 23.9 Å². The molecule has 2 aromatic carbocycles. The molecule has 0 bridgehead atoms. The molecule has 0 spiro atoms. The van der Waals surface area contributed by atoms with Crippen LogP contribution < -0.4 is 4.90 Å². The smallest absolute Gasteiger partial charge is 0.338 e. The second-order valence-electron chi connectivity index (χ2n) is 9.30. The second-order valence-corrected chi connectivity index (χ2v) is 9.30. The van der Waals surface area contributed by atoms with Gasteiger partial charge in [0, 0.05) is 13.0 Å². The number of hydrogen-bond donors (Lipinski definition) is 0. The SMILES string of the molecule is CCOC(=O)c1ccc(N2C(=O)CC(N(Cc3ccccc3)C(=O)CC(C)(C)C)C2=O)cc1. The predicted molar refractivity (Wildman–Crippen MR) is 124 cm³/mol. The van der Waals surface area contributed by atoms with Gasteiger partial charge < -0.3 is 9.64 Å². The number of nitrogens with zero attached hydrogens (tertiary/aromatic N) is 2. The van der Waals surface area contributed by atoms with E-state index in [-0.39, 0.29) is 43.2 Å². The van der Waals surface area contributed by atoms with E-state index in [4.69, 9.17) is 4.74 Å². The lowest BCUT2D eigenvalue weighted by Gasteiger charge is -2.30. The van der Waals surface area contributed by atoms with Crippen LogP contribution in [-0.4, -0.2) is 41.2 Å². The van der Waals surface area contributed by atoms with Gasteiger partial charge in [-0.2, -0.15) is 0 Å². The summed E-state index contributed by atoms with van der Waals surface area (Å²) in [5.41, 5.74) is 1.32. The van der Waals surface area contributed by atoms with Crippen LogP contribution in [0, 0.1) is 5.41 Å². The largest absolute Gasteiger partial charge is 0.462 e. The van der Waals surface area contributed by atoms with Crippen molar-refractivity contribution in [2.45, 2.75) is 53.1 Å². The summed E-state index contributed by atoms with van der Waals surface area (Å²) in [6, 6.07) is 14.7. The van der Waals surface area contributed by atoms with E-state index in [1.807, 2.05) is 51.1 Å². The standard InChI is InChI=1S/C26H30N2O5/c1-5-33-25(32)19-11-13-20(14-12-19)28-22(29)15-21(24(28)31)27(23(30)16-26(2,3)4)17-18-9-7-6-8-10-18/h6-14,21H,5,15-17H2,1-4H3. The molecule has 174 valence electrons. The molecule has 0 aliphatic carbocycles. The Hall–Kier alpha value is -3.48. The minimum Gasteiger partial charge on any atom is -0.462 e. The molecule has 1 saturated heterocycles. The van der Waals surface area contributed by atoms with Crippen LogP contribution in [0.15, 0.2) is 54.6 Å². The van der Waals surface area contributed by atoms with E-state index in [1.165, 1.54) is 17.0 Å². The summed E-state index contributed by atoms with van der Waals surface area (Å²) >= 11 is 0. The van der Waals surface area contributed by atoms with E-state index in [1.54, 1.807) is 19.1 Å². The molecule has 0 aromatic heterocycles. The van der Waals surface area contributed by atoms with Crippen molar-refractivity contribution in [1.82, 2.24) is 4.90 Å². The first-order valence-electron chi connectivity index (χ1n) is 11.1. The molecule has 33 heavy (non-hydrogen) atoms. The third-order valence-electron chi connectivity index (χ3n) is 5.33. The Morgan fingerprint density at radius 3 is 2.24 bits per heavy atom. The van der Waals surface area contributed by atoms with Crippen molar-refractivity contribution in [3.8, 4) is 0 Å². The molecule has 7 nitrogen and oxygen atoms in total. The van der Waals surface area contributed by atoms with E-state index in [2.05, 4.69) is 0 Å². The van der Waals surface area contributed by atoms with Crippen LogP contribution in [0.2, 0.25) is 0 Å². The lowest BCUT2D eigenvalue weighted by molar-refractivity contribution is -0.140. The van der Waals surface area contributed by atoms with Gasteiger partial charge in [-0.25, -0.2) is 9.69 Å². The molecule has 2 aromatic rings. The van der Waals surface area contributed by atoms with Gasteiger partial charge in [0.25, 0.3) is 5.91 Å². The quantitative estimate of drug-likeness (QED) is 0.471. The van der Waals surface area contributed by atoms with Gasteiger partial charge >= 0.3 is 5.97 Å². The van der Waals surface area contributed by atoms with Crippen LogP contribution >= 0.6 is 0 Å². The Kier molecular flexibility index (Phi) is 7.31. The molecule has 1 aliphatic heterocycles. The average Bonchev–Trinajstić information content (AvgIpc) is 3.05. The maximum absolute atomic E-state index is 13.4. The third kappa shape index (κ3) is 5.86. The molecule has 1 heterocycles. The van der Waals surface area contributed by atoms with Gasteiger partial charge in [-0.3, -0.25) is 14.4 Å². The van der Waals surface area contributed by atoms with E-state index < -0.39 is 17.9 Å². The highest BCUT2D eigenvalue weighted by Gasteiger charge is 2.44. The highest BCUT2D eigenvalue weighted by Crippen LogP contribution is 2.29. The molecule has 0 N–H and O–H groups in total. The van der Waals surface area contributed by atoms with Gasteiger partial charge in [-0.1, -0.05) is 51.1 Å². The van der Waals surface area contributed by atoms with Crippen molar-refractivity contribution in [3.05, 3.63) is 65.7 Å². The van der Waals surface area contributed by atoms with Crippen molar-refractivity contribution in [2.24, 2.45) is 5.41 Å². The molecular formula is C26H30N2O5. The Morgan fingerprint density at radius 1 is 1.03 bits per heavy atom. The lowest BCUT2D eigenvalue weighted by atomic mass is 9.91. The molecule has 0 radical (unpaired) electrons. The first-order valence-corrected chi connectivity index (χ1v) is 11.1. The Morgan fingerprint density at radius 2 is 1.67 bits per heavy atom. The van der Waals surface area contributed by atoms with E-state index in [0.29, 0.717) is 11.3 Å².